The minimum atomic E-state index is -0.203. The van der Waals surface area contributed by atoms with Crippen LogP contribution in [0, 0.1) is 23.7 Å². The Hall–Kier alpha value is -0.570. The van der Waals surface area contributed by atoms with Gasteiger partial charge >= 0.3 is 5.97 Å². The SMILES string of the molecule is CCCCCC(=O)O[C@@H]1C[C@]2(C)OC(C)(C)[C@@H]1CC1C2CC[C@@H]1C. The van der Waals surface area contributed by atoms with Crippen molar-refractivity contribution in [1.82, 2.24) is 0 Å². The second kappa shape index (κ2) is 6.63. The van der Waals surface area contributed by atoms with Gasteiger partial charge in [0.1, 0.15) is 6.10 Å². The number of carbonyl (C=O) groups is 1. The molecule has 2 aliphatic carbocycles. The van der Waals surface area contributed by atoms with Crippen molar-refractivity contribution in [2.45, 2.75) is 103 Å². The molecule has 138 valence electrons. The molecule has 0 N–H and O–H groups in total. The summed E-state index contributed by atoms with van der Waals surface area (Å²) in [6.45, 7) is 11.3. The summed E-state index contributed by atoms with van der Waals surface area (Å²) in [6.07, 6.45) is 8.42. The summed E-state index contributed by atoms with van der Waals surface area (Å²) in [4.78, 5) is 12.3. The van der Waals surface area contributed by atoms with E-state index in [1.165, 1.54) is 12.8 Å². The van der Waals surface area contributed by atoms with Gasteiger partial charge in [0.2, 0.25) is 0 Å². The molecule has 4 rings (SSSR count). The number of carbonyl (C=O) groups excluding carboxylic acids is 1. The number of unbranched alkanes of at least 4 members (excludes halogenated alkanes) is 2. The van der Waals surface area contributed by atoms with E-state index in [0.717, 1.165) is 43.9 Å². The van der Waals surface area contributed by atoms with Gasteiger partial charge in [-0.15, -0.1) is 0 Å². The van der Waals surface area contributed by atoms with Gasteiger partial charge in [0.15, 0.2) is 0 Å². The minimum Gasteiger partial charge on any atom is -0.462 e. The molecule has 0 aromatic rings. The fourth-order valence-electron chi connectivity index (χ4n) is 5.96. The molecule has 0 amide bonds. The molecular weight excluding hydrogens is 300 g/mol. The molecule has 2 aliphatic heterocycles. The number of fused-ring (bicyclic) bond motifs is 2. The van der Waals surface area contributed by atoms with E-state index in [-0.39, 0.29) is 23.3 Å². The van der Waals surface area contributed by atoms with Gasteiger partial charge in [-0.1, -0.05) is 33.1 Å². The highest BCUT2D eigenvalue weighted by Crippen LogP contribution is 2.58. The quantitative estimate of drug-likeness (QED) is 0.516. The van der Waals surface area contributed by atoms with Crippen LogP contribution in [0.5, 0.6) is 0 Å². The van der Waals surface area contributed by atoms with Crippen molar-refractivity contribution >= 4 is 5.97 Å². The van der Waals surface area contributed by atoms with Crippen molar-refractivity contribution in [3.63, 3.8) is 0 Å². The Kier molecular flexibility index (Phi) is 5.03. The first-order chi connectivity index (χ1) is 11.3. The van der Waals surface area contributed by atoms with Crippen molar-refractivity contribution in [3.8, 4) is 0 Å². The van der Waals surface area contributed by atoms with Crippen molar-refractivity contribution in [2.75, 3.05) is 0 Å². The molecule has 4 fully saturated rings. The largest absolute Gasteiger partial charge is 0.462 e. The van der Waals surface area contributed by atoms with Crippen molar-refractivity contribution in [3.05, 3.63) is 0 Å². The Morgan fingerprint density at radius 2 is 1.92 bits per heavy atom. The zero-order valence-electron chi connectivity index (χ0n) is 16.3. The molecule has 4 aliphatic rings. The third kappa shape index (κ3) is 3.25. The summed E-state index contributed by atoms with van der Waals surface area (Å²) < 4.78 is 12.7. The molecule has 2 bridgehead atoms. The summed E-state index contributed by atoms with van der Waals surface area (Å²) in [6, 6.07) is 0. The molecule has 2 heterocycles. The fraction of sp³-hybridized carbons (Fsp3) is 0.952. The Balaban J connectivity index is 1.76. The molecule has 0 aromatic heterocycles. The van der Waals surface area contributed by atoms with Gasteiger partial charge < -0.3 is 9.47 Å². The zero-order chi connectivity index (χ0) is 17.5. The van der Waals surface area contributed by atoms with E-state index in [1.54, 1.807) is 0 Å². The van der Waals surface area contributed by atoms with Crippen LogP contribution in [-0.2, 0) is 14.3 Å². The lowest BCUT2D eigenvalue weighted by atomic mass is 9.76. The molecule has 2 saturated heterocycles. The molecule has 6 atom stereocenters. The first-order valence-corrected chi connectivity index (χ1v) is 10.2. The second-order valence-electron chi connectivity index (χ2n) is 9.37. The lowest BCUT2D eigenvalue weighted by molar-refractivity contribution is -0.237. The van der Waals surface area contributed by atoms with E-state index in [9.17, 15) is 4.79 Å². The van der Waals surface area contributed by atoms with Gasteiger partial charge in [0.05, 0.1) is 11.2 Å². The summed E-state index contributed by atoms with van der Waals surface area (Å²) in [5.74, 6) is 2.45. The van der Waals surface area contributed by atoms with E-state index < -0.39 is 0 Å². The molecule has 3 heteroatoms. The lowest BCUT2D eigenvalue weighted by Gasteiger charge is -2.50. The Morgan fingerprint density at radius 1 is 1.17 bits per heavy atom. The third-order valence-electron chi connectivity index (χ3n) is 7.20. The van der Waals surface area contributed by atoms with Crippen LogP contribution < -0.4 is 0 Å². The summed E-state index contributed by atoms with van der Waals surface area (Å²) in [5, 5.41) is 0. The highest BCUT2D eigenvalue weighted by molar-refractivity contribution is 5.69. The smallest absolute Gasteiger partial charge is 0.306 e. The molecular formula is C21H36O3. The van der Waals surface area contributed by atoms with Crippen LogP contribution in [-0.4, -0.2) is 23.3 Å². The molecule has 24 heavy (non-hydrogen) atoms. The molecule has 0 aromatic carbocycles. The number of rotatable bonds is 5. The van der Waals surface area contributed by atoms with Crippen LogP contribution in [0.25, 0.3) is 0 Å². The molecule has 2 saturated carbocycles. The standard InChI is InChI=1S/C21H36O3/c1-6-7-8-9-19(22)23-18-13-21(5)16-11-10-14(2)15(16)12-17(18)20(3,4)24-21/h14-18H,6-13H2,1-5H3/t14-,15?,16?,17+,18+,21-/m0/s1. The maximum absolute atomic E-state index is 12.3. The first kappa shape index (κ1) is 18.2. The van der Waals surface area contributed by atoms with E-state index in [4.69, 9.17) is 9.47 Å². The number of hydrogen-bond donors (Lipinski definition) is 0. The third-order valence-corrected chi connectivity index (χ3v) is 7.20. The van der Waals surface area contributed by atoms with Gasteiger partial charge in [-0.05, 0) is 57.8 Å². The van der Waals surface area contributed by atoms with Crippen molar-refractivity contribution in [2.24, 2.45) is 23.7 Å². The summed E-state index contributed by atoms with van der Waals surface area (Å²) in [5.41, 5.74) is -0.342. The number of ether oxygens (including phenoxy) is 2. The first-order valence-electron chi connectivity index (χ1n) is 10.2. The Labute approximate surface area is 147 Å². The van der Waals surface area contributed by atoms with Crippen molar-refractivity contribution < 1.29 is 14.3 Å². The summed E-state index contributed by atoms with van der Waals surface area (Å²) in [7, 11) is 0. The Bertz CT molecular complexity index is 472. The zero-order valence-corrected chi connectivity index (χ0v) is 16.3. The number of hydrogen-bond acceptors (Lipinski definition) is 3. The van der Waals surface area contributed by atoms with Crippen LogP contribution in [0.15, 0.2) is 0 Å². The van der Waals surface area contributed by atoms with Crippen LogP contribution in [0.1, 0.15) is 86.0 Å². The Morgan fingerprint density at radius 3 is 2.62 bits per heavy atom. The van der Waals surface area contributed by atoms with Gasteiger partial charge in [-0.3, -0.25) is 4.79 Å². The summed E-state index contributed by atoms with van der Waals surface area (Å²) >= 11 is 0. The molecule has 2 unspecified atom stereocenters. The highest BCUT2D eigenvalue weighted by Gasteiger charge is 2.60. The van der Waals surface area contributed by atoms with Crippen LogP contribution in [0.4, 0.5) is 0 Å². The molecule has 3 nitrogen and oxygen atoms in total. The second-order valence-corrected chi connectivity index (χ2v) is 9.37. The van der Waals surface area contributed by atoms with E-state index in [0.29, 0.717) is 18.3 Å². The normalized spacial score (nSPS) is 43.3. The monoisotopic (exact) mass is 336 g/mol. The highest BCUT2D eigenvalue weighted by atomic mass is 16.6. The van der Waals surface area contributed by atoms with Crippen LogP contribution in [0.2, 0.25) is 0 Å². The van der Waals surface area contributed by atoms with Gasteiger partial charge in [-0.25, -0.2) is 0 Å². The average molecular weight is 337 g/mol. The van der Waals surface area contributed by atoms with Crippen LogP contribution in [0.3, 0.4) is 0 Å². The van der Waals surface area contributed by atoms with E-state index in [1.807, 2.05) is 0 Å². The van der Waals surface area contributed by atoms with Gasteiger partial charge in [0.25, 0.3) is 0 Å². The molecule has 0 spiro atoms. The van der Waals surface area contributed by atoms with Gasteiger partial charge in [0, 0.05) is 18.8 Å². The maximum Gasteiger partial charge on any atom is 0.306 e. The fourth-order valence-corrected chi connectivity index (χ4v) is 5.96. The predicted molar refractivity (Wildman–Crippen MR) is 95.7 cm³/mol. The van der Waals surface area contributed by atoms with Gasteiger partial charge in [-0.2, -0.15) is 0 Å². The van der Waals surface area contributed by atoms with E-state index >= 15 is 0 Å². The maximum atomic E-state index is 12.3. The van der Waals surface area contributed by atoms with Crippen molar-refractivity contribution in [1.29, 1.82) is 0 Å². The average Bonchev–Trinajstić information content (AvgIpc) is 2.75. The topological polar surface area (TPSA) is 35.5 Å². The van der Waals surface area contributed by atoms with E-state index in [2.05, 4.69) is 34.6 Å². The number of esters is 1. The molecule has 0 radical (unpaired) electrons. The lowest BCUT2D eigenvalue weighted by Crippen LogP contribution is -2.56. The minimum absolute atomic E-state index is 0.00129. The predicted octanol–water partition coefficient (Wildman–Crippen LogP) is 5.12. The van der Waals surface area contributed by atoms with Crippen LogP contribution >= 0.6 is 0 Å².